The Bertz CT molecular complexity index is 174. The van der Waals surface area contributed by atoms with Crippen LogP contribution >= 0.6 is 0 Å². The fraction of sp³-hybridized carbons (Fsp3) is 1.00. The highest BCUT2D eigenvalue weighted by Gasteiger charge is 2.31. The van der Waals surface area contributed by atoms with Crippen molar-refractivity contribution in [2.45, 2.75) is 71.3 Å². The van der Waals surface area contributed by atoms with Gasteiger partial charge in [0.1, 0.15) is 0 Å². The fourth-order valence-corrected chi connectivity index (χ4v) is 2.94. The molecule has 1 aliphatic carbocycles. The predicted octanol–water partition coefficient (Wildman–Crippen LogP) is 3.06. The Kier molecular flexibility index (Phi) is 6.37. The molecule has 0 amide bonds. The molecule has 0 saturated heterocycles. The molecule has 16 heavy (non-hydrogen) atoms. The van der Waals surface area contributed by atoms with E-state index >= 15 is 0 Å². The van der Waals surface area contributed by atoms with Crippen molar-refractivity contribution in [3.8, 4) is 0 Å². The van der Waals surface area contributed by atoms with Crippen LogP contribution in [0.1, 0.15) is 65.2 Å². The first kappa shape index (κ1) is 14.0. The summed E-state index contributed by atoms with van der Waals surface area (Å²) in [5.41, 5.74) is 6.62. The van der Waals surface area contributed by atoms with Gasteiger partial charge in [-0.15, -0.1) is 0 Å². The second-order valence-corrected chi connectivity index (χ2v) is 5.57. The molecule has 96 valence electrons. The van der Waals surface area contributed by atoms with E-state index in [2.05, 4.69) is 19.2 Å². The van der Waals surface area contributed by atoms with Gasteiger partial charge < -0.3 is 11.1 Å². The minimum atomic E-state index is 0.402. The van der Waals surface area contributed by atoms with Crippen LogP contribution in [0.15, 0.2) is 0 Å². The topological polar surface area (TPSA) is 38.0 Å². The summed E-state index contributed by atoms with van der Waals surface area (Å²) in [7, 11) is 0. The van der Waals surface area contributed by atoms with Crippen molar-refractivity contribution in [2.24, 2.45) is 11.1 Å². The zero-order valence-electron chi connectivity index (χ0n) is 11.2. The van der Waals surface area contributed by atoms with Gasteiger partial charge in [-0.25, -0.2) is 0 Å². The van der Waals surface area contributed by atoms with Crippen molar-refractivity contribution in [3.05, 3.63) is 0 Å². The maximum atomic E-state index is 6.00. The molecule has 0 aromatic heterocycles. The van der Waals surface area contributed by atoms with Crippen LogP contribution in [0.2, 0.25) is 0 Å². The first-order chi connectivity index (χ1) is 7.72. The minimum absolute atomic E-state index is 0.402. The van der Waals surface area contributed by atoms with Gasteiger partial charge in [0.15, 0.2) is 0 Å². The van der Waals surface area contributed by atoms with E-state index in [4.69, 9.17) is 5.73 Å². The molecule has 1 saturated carbocycles. The third-order valence-electron chi connectivity index (χ3n) is 4.27. The number of rotatable bonds is 8. The summed E-state index contributed by atoms with van der Waals surface area (Å²) in [5.74, 6) is 0. The zero-order chi connectivity index (χ0) is 11.9. The molecule has 0 radical (unpaired) electrons. The Labute approximate surface area is 101 Å². The lowest BCUT2D eigenvalue weighted by atomic mass is 9.83. The van der Waals surface area contributed by atoms with Gasteiger partial charge in [0, 0.05) is 12.6 Å². The molecule has 1 aliphatic rings. The van der Waals surface area contributed by atoms with E-state index in [0.29, 0.717) is 11.5 Å². The van der Waals surface area contributed by atoms with E-state index in [0.717, 1.165) is 13.0 Å². The number of nitrogens with one attached hydrogen (secondary N) is 1. The molecular formula is C14H30N2. The van der Waals surface area contributed by atoms with Crippen molar-refractivity contribution < 1.29 is 0 Å². The monoisotopic (exact) mass is 226 g/mol. The Hall–Kier alpha value is -0.0800. The summed E-state index contributed by atoms with van der Waals surface area (Å²) in [6.45, 7) is 6.86. The normalized spacial score (nSPS) is 21.2. The molecule has 0 aromatic rings. The summed E-state index contributed by atoms with van der Waals surface area (Å²) in [6, 6.07) is 0.402. The second kappa shape index (κ2) is 7.29. The Morgan fingerprint density at radius 3 is 2.44 bits per heavy atom. The average Bonchev–Trinajstić information content (AvgIpc) is 2.74. The summed E-state index contributed by atoms with van der Waals surface area (Å²) < 4.78 is 0. The van der Waals surface area contributed by atoms with Gasteiger partial charge in [-0.05, 0) is 44.1 Å². The highest BCUT2D eigenvalue weighted by Crippen LogP contribution is 2.40. The quantitative estimate of drug-likeness (QED) is 0.624. The first-order valence-corrected chi connectivity index (χ1v) is 7.19. The molecule has 1 fully saturated rings. The van der Waals surface area contributed by atoms with Crippen LogP contribution in [0.4, 0.5) is 0 Å². The van der Waals surface area contributed by atoms with E-state index in [-0.39, 0.29) is 0 Å². The minimum Gasteiger partial charge on any atom is -0.328 e. The Morgan fingerprint density at radius 2 is 1.88 bits per heavy atom. The van der Waals surface area contributed by atoms with Gasteiger partial charge in [-0.1, -0.05) is 33.1 Å². The van der Waals surface area contributed by atoms with E-state index in [1.165, 1.54) is 51.5 Å². The van der Waals surface area contributed by atoms with Crippen LogP contribution in [-0.4, -0.2) is 19.1 Å². The summed E-state index contributed by atoms with van der Waals surface area (Å²) >= 11 is 0. The number of hydrogen-bond donors (Lipinski definition) is 2. The van der Waals surface area contributed by atoms with Crippen LogP contribution in [0, 0.1) is 5.41 Å². The first-order valence-electron chi connectivity index (χ1n) is 7.19. The van der Waals surface area contributed by atoms with E-state index < -0.39 is 0 Å². The lowest BCUT2D eigenvalue weighted by Crippen LogP contribution is -2.34. The van der Waals surface area contributed by atoms with Crippen LogP contribution in [0.25, 0.3) is 0 Å². The molecule has 0 spiro atoms. The Morgan fingerprint density at radius 1 is 1.19 bits per heavy atom. The highest BCUT2D eigenvalue weighted by atomic mass is 14.9. The van der Waals surface area contributed by atoms with Gasteiger partial charge in [-0.3, -0.25) is 0 Å². The number of nitrogens with two attached hydrogens (primary N) is 1. The van der Waals surface area contributed by atoms with Crippen LogP contribution < -0.4 is 11.1 Å². The molecule has 2 nitrogen and oxygen atoms in total. The standard InChI is InChI=1S/C14H30N2/c1-3-7-13(15)8-11-16-12-14(4-2)9-5-6-10-14/h13,16H,3-12,15H2,1-2H3. The van der Waals surface area contributed by atoms with Crippen molar-refractivity contribution in [1.82, 2.24) is 5.32 Å². The van der Waals surface area contributed by atoms with Crippen molar-refractivity contribution in [2.75, 3.05) is 13.1 Å². The maximum absolute atomic E-state index is 6.00. The lowest BCUT2D eigenvalue weighted by Gasteiger charge is -2.28. The molecule has 1 unspecified atom stereocenters. The third-order valence-corrected chi connectivity index (χ3v) is 4.27. The van der Waals surface area contributed by atoms with Crippen LogP contribution in [0.5, 0.6) is 0 Å². The molecule has 0 heterocycles. The fourth-order valence-electron chi connectivity index (χ4n) is 2.94. The van der Waals surface area contributed by atoms with Gasteiger partial charge in [-0.2, -0.15) is 0 Å². The SMILES string of the molecule is CCCC(N)CCNCC1(CC)CCCC1. The van der Waals surface area contributed by atoms with Crippen molar-refractivity contribution in [1.29, 1.82) is 0 Å². The Balaban J connectivity index is 2.09. The molecular weight excluding hydrogens is 196 g/mol. The molecule has 0 aliphatic heterocycles. The van der Waals surface area contributed by atoms with Gasteiger partial charge in [0.25, 0.3) is 0 Å². The highest BCUT2D eigenvalue weighted by molar-refractivity contribution is 4.85. The summed E-state index contributed by atoms with van der Waals surface area (Å²) in [6.07, 6.45) is 10.6. The molecule has 2 heteroatoms. The largest absolute Gasteiger partial charge is 0.328 e. The molecule has 0 bridgehead atoms. The maximum Gasteiger partial charge on any atom is 0.00508 e. The van der Waals surface area contributed by atoms with Gasteiger partial charge >= 0.3 is 0 Å². The molecule has 1 atom stereocenters. The zero-order valence-corrected chi connectivity index (χ0v) is 11.2. The summed E-state index contributed by atoms with van der Waals surface area (Å²) in [4.78, 5) is 0. The second-order valence-electron chi connectivity index (χ2n) is 5.57. The smallest absolute Gasteiger partial charge is 0.00508 e. The lowest BCUT2D eigenvalue weighted by molar-refractivity contribution is 0.267. The molecule has 1 rings (SSSR count). The summed E-state index contributed by atoms with van der Waals surface area (Å²) in [5, 5.41) is 3.63. The van der Waals surface area contributed by atoms with E-state index in [9.17, 15) is 0 Å². The third kappa shape index (κ3) is 4.42. The average molecular weight is 226 g/mol. The van der Waals surface area contributed by atoms with E-state index in [1.54, 1.807) is 0 Å². The van der Waals surface area contributed by atoms with E-state index in [1.807, 2.05) is 0 Å². The van der Waals surface area contributed by atoms with Crippen molar-refractivity contribution >= 4 is 0 Å². The van der Waals surface area contributed by atoms with Gasteiger partial charge in [0.2, 0.25) is 0 Å². The number of hydrogen-bond acceptors (Lipinski definition) is 2. The predicted molar refractivity (Wildman–Crippen MR) is 71.6 cm³/mol. The van der Waals surface area contributed by atoms with Crippen LogP contribution in [-0.2, 0) is 0 Å². The van der Waals surface area contributed by atoms with Crippen molar-refractivity contribution in [3.63, 3.8) is 0 Å². The van der Waals surface area contributed by atoms with Gasteiger partial charge in [0.05, 0.1) is 0 Å². The molecule has 0 aromatic carbocycles. The van der Waals surface area contributed by atoms with Crippen LogP contribution in [0.3, 0.4) is 0 Å². The molecule has 3 N–H and O–H groups in total.